The molecule has 0 amide bonds. The third kappa shape index (κ3) is 6.08. The fourth-order valence-corrected chi connectivity index (χ4v) is 8.59. The molecule has 7 nitrogen and oxygen atoms in total. The Bertz CT molecular complexity index is 1770. The van der Waals surface area contributed by atoms with Crippen LogP contribution in [0.25, 0.3) is 11.4 Å². The van der Waals surface area contributed by atoms with Crippen LogP contribution in [0.1, 0.15) is 0 Å². The number of allylic oxidation sites excluding steroid dienone is 4. The van der Waals surface area contributed by atoms with Gasteiger partial charge in [-0.3, -0.25) is 19.3 Å². The van der Waals surface area contributed by atoms with Crippen LogP contribution in [0.5, 0.6) is 0 Å². The van der Waals surface area contributed by atoms with Crippen LogP contribution in [0, 0.1) is 0 Å². The largest absolute Gasteiger partial charge is 0.298 e. The molecule has 1 heterocycles. The zero-order valence-electron chi connectivity index (χ0n) is 22.7. The predicted octanol–water partition coefficient (Wildman–Crippen LogP) is 7.15. The Labute approximate surface area is 245 Å². The van der Waals surface area contributed by atoms with Gasteiger partial charge in [0.15, 0.2) is 5.82 Å². The molecule has 0 radical (unpaired) electrons. The summed E-state index contributed by atoms with van der Waals surface area (Å²) in [4.78, 5) is 13.9. The molecule has 1 unspecified atom stereocenters. The maximum Gasteiger partial charge on any atom is 0.234 e. The molecule has 0 spiro atoms. The normalized spacial score (nSPS) is 13.0. The maximum atomic E-state index is 14.8. The van der Waals surface area contributed by atoms with Crippen LogP contribution in [-0.4, -0.2) is 15.0 Å². The highest BCUT2D eigenvalue weighted by Gasteiger charge is 2.32. The minimum Gasteiger partial charge on any atom is -0.298 e. The standard InChI is InChI=1S/C33H29N5O2P2/c1-3-17-27(4-2)41(39,28-20-11-6-12-21-28)37-32-34-31(26-18-9-5-10-19-26)35-33(36-32)38-42(40,29-22-13-7-14-23-29)30-24-15-8-16-25-30/h3-25H,1-2H2,(H2,34,35,36,37,38,39,40)/b27-17+. The highest BCUT2D eigenvalue weighted by molar-refractivity contribution is 7.80. The summed E-state index contributed by atoms with van der Waals surface area (Å²) in [6.45, 7) is 7.65. The van der Waals surface area contributed by atoms with E-state index in [2.05, 4.69) is 38.3 Å². The lowest BCUT2D eigenvalue weighted by molar-refractivity contribution is 0.588. The summed E-state index contributed by atoms with van der Waals surface area (Å²) in [7, 11) is -7.01. The second-order valence-corrected chi connectivity index (χ2v) is 14.1. The van der Waals surface area contributed by atoms with E-state index in [4.69, 9.17) is 0 Å². The molecule has 0 saturated heterocycles. The molecule has 5 aromatic rings. The van der Waals surface area contributed by atoms with Crippen molar-refractivity contribution in [2.24, 2.45) is 0 Å². The van der Waals surface area contributed by atoms with Gasteiger partial charge >= 0.3 is 0 Å². The summed E-state index contributed by atoms with van der Waals surface area (Å²) >= 11 is 0. The average Bonchev–Trinajstić information content (AvgIpc) is 3.05. The van der Waals surface area contributed by atoms with Crippen molar-refractivity contribution in [2.75, 3.05) is 10.2 Å². The Balaban J connectivity index is 1.68. The van der Waals surface area contributed by atoms with E-state index in [9.17, 15) is 9.13 Å². The number of anilines is 2. The van der Waals surface area contributed by atoms with E-state index < -0.39 is 14.6 Å². The van der Waals surface area contributed by atoms with Crippen molar-refractivity contribution in [3.8, 4) is 11.4 Å². The number of benzene rings is 4. The van der Waals surface area contributed by atoms with Gasteiger partial charge in [0.25, 0.3) is 0 Å². The zero-order valence-corrected chi connectivity index (χ0v) is 24.5. The van der Waals surface area contributed by atoms with Gasteiger partial charge in [-0.25, -0.2) is 0 Å². The molecule has 2 N–H and O–H groups in total. The van der Waals surface area contributed by atoms with Crippen LogP contribution in [0.3, 0.4) is 0 Å². The van der Waals surface area contributed by atoms with Crippen LogP contribution < -0.4 is 26.1 Å². The molecule has 5 rings (SSSR count). The molecule has 4 aromatic carbocycles. The Morgan fingerprint density at radius 1 is 0.595 bits per heavy atom. The Morgan fingerprint density at radius 2 is 1.05 bits per heavy atom. The average molecular weight is 590 g/mol. The number of hydrogen-bond donors (Lipinski definition) is 2. The number of hydrogen-bond acceptors (Lipinski definition) is 5. The molecule has 0 bridgehead atoms. The number of nitrogens with zero attached hydrogens (tertiary/aromatic N) is 3. The fourth-order valence-electron chi connectivity index (χ4n) is 4.37. The first-order valence-corrected chi connectivity index (χ1v) is 16.6. The molecule has 9 heteroatoms. The van der Waals surface area contributed by atoms with Gasteiger partial charge in [0.05, 0.1) is 0 Å². The molecule has 0 fully saturated rings. The smallest absolute Gasteiger partial charge is 0.234 e. The minimum absolute atomic E-state index is 0.0445. The van der Waals surface area contributed by atoms with Gasteiger partial charge in [-0.05, 0) is 36.4 Å². The van der Waals surface area contributed by atoms with Gasteiger partial charge in [0.1, 0.15) is 0 Å². The Hall–Kier alpha value is -4.83. The molecule has 0 aliphatic rings. The van der Waals surface area contributed by atoms with Crippen LogP contribution in [0.15, 0.2) is 158 Å². The molecule has 1 atom stereocenters. The summed E-state index contributed by atoms with van der Waals surface area (Å²) in [5, 5.41) is 8.39. The second-order valence-electron chi connectivity index (χ2n) is 9.15. The lowest BCUT2D eigenvalue weighted by Crippen LogP contribution is -2.23. The van der Waals surface area contributed by atoms with E-state index in [-0.39, 0.29) is 11.9 Å². The van der Waals surface area contributed by atoms with E-state index in [0.717, 1.165) is 0 Å². The minimum atomic E-state index is -3.55. The van der Waals surface area contributed by atoms with E-state index >= 15 is 0 Å². The predicted molar refractivity (Wildman–Crippen MR) is 174 cm³/mol. The van der Waals surface area contributed by atoms with Gasteiger partial charge in [0, 0.05) is 26.8 Å². The monoisotopic (exact) mass is 589 g/mol. The first kappa shape index (κ1) is 28.7. The molecule has 0 aliphatic heterocycles. The summed E-state index contributed by atoms with van der Waals surface area (Å²) in [5.74, 6) is 0.425. The van der Waals surface area contributed by atoms with Gasteiger partial charge in [-0.15, -0.1) is 0 Å². The zero-order chi connectivity index (χ0) is 29.4. The van der Waals surface area contributed by atoms with Crippen molar-refractivity contribution in [1.82, 2.24) is 15.0 Å². The molecule has 1 aromatic heterocycles. The van der Waals surface area contributed by atoms with E-state index in [1.807, 2.05) is 84.9 Å². The van der Waals surface area contributed by atoms with E-state index in [1.54, 1.807) is 48.6 Å². The first-order valence-electron chi connectivity index (χ1n) is 13.2. The highest BCUT2D eigenvalue weighted by atomic mass is 31.2. The quantitative estimate of drug-likeness (QED) is 0.125. The molecule has 208 valence electrons. The van der Waals surface area contributed by atoms with E-state index in [0.29, 0.717) is 32.6 Å². The van der Waals surface area contributed by atoms with Crippen molar-refractivity contribution in [3.63, 3.8) is 0 Å². The van der Waals surface area contributed by atoms with Crippen molar-refractivity contribution in [3.05, 3.63) is 158 Å². The number of nitrogens with one attached hydrogen (secondary N) is 2. The van der Waals surface area contributed by atoms with Crippen LogP contribution in [0.2, 0.25) is 0 Å². The van der Waals surface area contributed by atoms with Crippen molar-refractivity contribution < 1.29 is 9.13 Å². The lowest BCUT2D eigenvalue weighted by atomic mass is 10.2. The van der Waals surface area contributed by atoms with Crippen molar-refractivity contribution in [2.45, 2.75) is 0 Å². The fraction of sp³-hybridized carbons (Fsp3) is 0. The van der Waals surface area contributed by atoms with Gasteiger partial charge in [0.2, 0.25) is 26.5 Å². The first-order chi connectivity index (χ1) is 20.5. The molecular weight excluding hydrogens is 560 g/mol. The van der Waals surface area contributed by atoms with Crippen LogP contribution in [0.4, 0.5) is 11.9 Å². The lowest BCUT2D eigenvalue weighted by Gasteiger charge is -2.23. The third-order valence-electron chi connectivity index (χ3n) is 6.40. The second kappa shape index (κ2) is 12.8. The summed E-state index contributed by atoms with van der Waals surface area (Å²) in [6, 6.07) is 36.7. The van der Waals surface area contributed by atoms with Crippen molar-refractivity contribution >= 4 is 42.4 Å². The van der Waals surface area contributed by atoms with E-state index in [1.165, 1.54) is 6.08 Å². The molecule has 0 aliphatic carbocycles. The highest BCUT2D eigenvalue weighted by Crippen LogP contribution is 2.52. The molecule has 42 heavy (non-hydrogen) atoms. The summed E-state index contributed by atoms with van der Waals surface area (Å²) in [6.07, 6.45) is 4.73. The summed E-state index contributed by atoms with van der Waals surface area (Å²) in [5.41, 5.74) is 0.709. The summed E-state index contributed by atoms with van der Waals surface area (Å²) < 4.78 is 29.5. The topological polar surface area (TPSA) is 96.9 Å². The van der Waals surface area contributed by atoms with Gasteiger partial charge in [-0.2, -0.15) is 15.0 Å². The molecular formula is C33H29N5O2P2. The molecule has 0 saturated carbocycles. The van der Waals surface area contributed by atoms with Gasteiger partial charge < -0.3 is 0 Å². The third-order valence-corrected chi connectivity index (χ3v) is 11.6. The maximum absolute atomic E-state index is 14.8. The number of aromatic nitrogens is 3. The number of rotatable bonds is 11. The van der Waals surface area contributed by atoms with Crippen LogP contribution in [-0.2, 0) is 9.13 Å². The Morgan fingerprint density at radius 3 is 1.52 bits per heavy atom. The SMILES string of the molecule is C=C/C=C(\C=C)P(=O)(Nc1nc(NP(=O)(c2ccccc2)c2ccccc2)nc(-c2ccccc2)n1)c1ccccc1. The van der Waals surface area contributed by atoms with Crippen molar-refractivity contribution in [1.29, 1.82) is 0 Å². The van der Waals surface area contributed by atoms with Crippen LogP contribution >= 0.6 is 14.6 Å². The Kier molecular flexibility index (Phi) is 8.73. The van der Waals surface area contributed by atoms with Gasteiger partial charge in [-0.1, -0.05) is 116 Å².